The Morgan fingerprint density at radius 2 is 2.08 bits per heavy atom. The van der Waals surface area contributed by atoms with Gasteiger partial charge in [0.1, 0.15) is 0 Å². The van der Waals surface area contributed by atoms with Gasteiger partial charge in [-0.25, -0.2) is 4.79 Å². The normalized spacial score (nSPS) is 16.1. The molecular weight excluding hydrogens is 156 g/mol. The maximum absolute atomic E-state index is 10.8. The number of ether oxygens (including phenoxy) is 1. The van der Waals surface area contributed by atoms with Crippen LogP contribution in [0.2, 0.25) is 0 Å². The van der Waals surface area contributed by atoms with Crippen LogP contribution in [0.3, 0.4) is 0 Å². The van der Waals surface area contributed by atoms with Crippen LogP contribution < -0.4 is 0 Å². The molecule has 0 saturated heterocycles. The van der Waals surface area contributed by atoms with Gasteiger partial charge in [-0.2, -0.15) is 0 Å². The third-order valence-corrected chi connectivity index (χ3v) is 1.68. The van der Waals surface area contributed by atoms with Gasteiger partial charge in [-0.05, 0) is 27.2 Å². The molecule has 0 saturated carbocycles. The number of rotatable bonds is 5. The molecule has 1 N–H and O–H groups in total. The number of carboxylic acids is 1. The van der Waals surface area contributed by atoms with Crippen LogP contribution in [0, 0.1) is 0 Å². The van der Waals surface area contributed by atoms with E-state index in [1.54, 1.807) is 6.92 Å². The molecule has 0 rings (SSSR count). The summed E-state index contributed by atoms with van der Waals surface area (Å²) in [5.41, 5.74) is -1.01. The minimum atomic E-state index is -1.01. The number of carboxylic acid groups (broad SMARTS) is 1. The van der Waals surface area contributed by atoms with Crippen molar-refractivity contribution in [1.82, 2.24) is 0 Å². The van der Waals surface area contributed by atoms with E-state index in [-0.39, 0.29) is 6.10 Å². The molecule has 0 amide bonds. The summed E-state index contributed by atoms with van der Waals surface area (Å²) in [6, 6.07) is 0. The molecule has 0 heterocycles. The Balaban J connectivity index is 4.28. The highest BCUT2D eigenvalue weighted by Crippen LogP contribution is 2.19. The minimum absolute atomic E-state index is 0.0438. The van der Waals surface area contributed by atoms with Gasteiger partial charge < -0.3 is 9.84 Å². The van der Waals surface area contributed by atoms with Crippen molar-refractivity contribution >= 4 is 5.97 Å². The number of aliphatic carboxylic acids is 1. The molecule has 12 heavy (non-hydrogen) atoms. The highest BCUT2D eigenvalue weighted by atomic mass is 16.5. The Morgan fingerprint density at radius 3 is 2.33 bits per heavy atom. The average Bonchev–Trinajstić information content (AvgIpc) is 1.85. The molecule has 0 spiro atoms. The monoisotopic (exact) mass is 174 g/mol. The van der Waals surface area contributed by atoms with Crippen LogP contribution in [-0.4, -0.2) is 22.8 Å². The average molecular weight is 174 g/mol. The van der Waals surface area contributed by atoms with E-state index >= 15 is 0 Å². The summed E-state index contributed by atoms with van der Waals surface area (Å²) in [5, 5.41) is 8.89. The van der Waals surface area contributed by atoms with Crippen LogP contribution in [0.5, 0.6) is 0 Å². The molecule has 1 atom stereocenters. The van der Waals surface area contributed by atoms with E-state index in [2.05, 4.69) is 0 Å². The van der Waals surface area contributed by atoms with Crippen LogP contribution in [0.25, 0.3) is 0 Å². The fraction of sp³-hybridized carbons (Fsp3) is 0.889. The van der Waals surface area contributed by atoms with Crippen molar-refractivity contribution in [3.63, 3.8) is 0 Å². The van der Waals surface area contributed by atoms with Gasteiger partial charge in [0, 0.05) is 0 Å². The lowest BCUT2D eigenvalue weighted by Crippen LogP contribution is -2.40. The van der Waals surface area contributed by atoms with Crippen LogP contribution >= 0.6 is 0 Å². The molecule has 3 heteroatoms. The van der Waals surface area contributed by atoms with Gasteiger partial charge >= 0.3 is 5.97 Å². The first kappa shape index (κ1) is 11.4. The van der Waals surface area contributed by atoms with Gasteiger partial charge in [-0.15, -0.1) is 0 Å². The van der Waals surface area contributed by atoms with Gasteiger partial charge in [0.2, 0.25) is 0 Å². The maximum Gasteiger partial charge on any atom is 0.335 e. The Hall–Kier alpha value is -0.570. The van der Waals surface area contributed by atoms with Crippen molar-refractivity contribution in [3.05, 3.63) is 0 Å². The second-order valence-electron chi connectivity index (χ2n) is 3.45. The predicted molar refractivity (Wildman–Crippen MR) is 47.2 cm³/mol. The van der Waals surface area contributed by atoms with E-state index < -0.39 is 11.6 Å². The molecule has 0 aliphatic rings. The van der Waals surface area contributed by atoms with Crippen LogP contribution in [0.4, 0.5) is 0 Å². The van der Waals surface area contributed by atoms with Crippen molar-refractivity contribution in [2.75, 3.05) is 0 Å². The molecule has 0 radical (unpaired) electrons. The van der Waals surface area contributed by atoms with Gasteiger partial charge in [-0.1, -0.05) is 13.3 Å². The zero-order valence-corrected chi connectivity index (χ0v) is 8.26. The summed E-state index contributed by atoms with van der Waals surface area (Å²) in [5.74, 6) is -0.877. The van der Waals surface area contributed by atoms with Crippen molar-refractivity contribution in [2.45, 2.75) is 52.2 Å². The van der Waals surface area contributed by atoms with Crippen LogP contribution in [0.1, 0.15) is 40.5 Å². The molecule has 0 aliphatic heterocycles. The SMILES string of the molecule is CCCC(C)(OC(C)C)C(=O)O. The second kappa shape index (κ2) is 4.45. The lowest BCUT2D eigenvalue weighted by Gasteiger charge is -2.27. The van der Waals surface area contributed by atoms with E-state index in [1.165, 1.54) is 0 Å². The largest absolute Gasteiger partial charge is 0.479 e. The molecule has 0 aromatic rings. The molecule has 72 valence electrons. The topological polar surface area (TPSA) is 46.5 Å². The minimum Gasteiger partial charge on any atom is -0.479 e. The number of hydrogen-bond donors (Lipinski definition) is 1. The molecule has 0 bridgehead atoms. The zero-order chi connectivity index (χ0) is 9.78. The molecule has 0 aromatic carbocycles. The van der Waals surface area contributed by atoms with Gasteiger partial charge in [0.15, 0.2) is 5.60 Å². The van der Waals surface area contributed by atoms with Gasteiger partial charge in [0.05, 0.1) is 6.10 Å². The standard InChI is InChI=1S/C9H18O3/c1-5-6-9(4,8(10)11)12-7(2)3/h7H,5-6H2,1-4H3,(H,10,11). The molecule has 0 aromatic heterocycles. The van der Waals surface area contributed by atoms with E-state index in [4.69, 9.17) is 9.84 Å². The summed E-state index contributed by atoms with van der Waals surface area (Å²) < 4.78 is 5.34. The van der Waals surface area contributed by atoms with E-state index in [1.807, 2.05) is 20.8 Å². The molecule has 1 unspecified atom stereocenters. The third-order valence-electron chi connectivity index (χ3n) is 1.68. The summed E-state index contributed by atoms with van der Waals surface area (Å²) in [4.78, 5) is 10.8. The molecule has 0 fully saturated rings. The summed E-state index contributed by atoms with van der Waals surface area (Å²) >= 11 is 0. The third kappa shape index (κ3) is 3.22. The smallest absolute Gasteiger partial charge is 0.335 e. The number of carbonyl (C=O) groups is 1. The van der Waals surface area contributed by atoms with Gasteiger partial charge in [-0.3, -0.25) is 0 Å². The predicted octanol–water partition coefficient (Wildman–Crippen LogP) is 2.05. The van der Waals surface area contributed by atoms with Crippen molar-refractivity contribution in [2.24, 2.45) is 0 Å². The Kier molecular flexibility index (Phi) is 4.24. The Bertz CT molecular complexity index is 154. The van der Waals surface area contributed by atoms with Crippen molar-refractivity contribution in [3.8, 4) is 0 Å². The first-order chi connectivity index (χ1) is 5.42. The van der Waals surface area contributed by atoms with E-state index in [9.17, 15) is 4.79 Å². The summed E-state index contributed by atoms with van der Waals surface area (Å²) in [7, 11) is 0. The molecule has 0 aliphatic carbocycles. The summed E-state index contributed by atoms with van der Waals surface area (Å²) in [6.07, 6.45) is 1.33. The van der Waals surface area contributed by atoms with Crippen LogP contribution in [-0.2, 0) is 9.53 Å². The van der Waals surface area contributed by atoms with Crippen LogP contribution in [0.15, 0.2) is 0 Å². The quantitative estimate of drug-likeness (QED) is 0.694. The lowest BCUT2D eigenvalue weighted by molar-refractivity contribution is -0.170. The van der Waals surface area contributed by atoms with Crippen molar-refractivity contribution < 1.29 is 14.6 Å². The Labute approximate surface area is 73.7 Å². The van der Waals surface area contributed by atoms with E-state index in [0.29, 0.717) is 6.42 Å². The zero-order valence-electron chi connectivity index (χ0n) is 8.26. The fourth-order valence-corrected chi connectivity index (χ4v) is 1.21. The maximum atomic E-state index is 10.8. The van der Waals surface area contributed by atoms with Crippen molar-refractivity contribution in [1.29, 1.82) is 0 Å². The fourth-order valence-electron chi connectivity index (χ4n) is 1.21. The molecule has 3 nitrogen and oxygen atoms in total. The van der Waals surface area contributed by atoms with E-state index in [0.717, 1.165) is 6.42 Å². The lowest BCUT2D eigenvalue weighted by atomic mass is 10.0. The first-order valence-corrected chi connectivity index (χ1v) is 4.33. The number of hydrogen-bond acceptors (Lipinski definition) is 2. The Morgan fingerprint density at radius 1 is 1.58 bits per heavy atom. The first-order valence-electron chi connectivity index (χ1n) is 4.33. The summed E-state index contributed by atoms with van der Waals surface area (Å²) in [6.45, 7) is 7.26. The highest BCUT2D eigenvalue weighted by molar-refractivity contribution is 5.76. The highest BCUT2D eigenvalue weighted by Gasteiger charge is 2.33. The van der Waals surface area contributed by atoms with Gasteiger partial charge in [0.25, 0.3) is 0 Å². The molecular formula is C9H18O3. The second-order valence-corrected chi connectivity index (χ2v) is 3.45.